The van der Waals surface area contributed by atoms with Gasteiger partial charge >= 0.3 is 0 Å². The number of hydrogen-bond acceptors (Lipinski definition) is 3. The molecule has 1 aliphatic rings. The summed E-state index contributed by atoms with van der Waals surface area (Å²) in [5.41, 5.74) is 1.16. The maximum Gasteiger partial charge on any atom is 0.0943 e. The number of nitrogens with zero attached hydrogens (tertiary/aromatic N) is 1. The zero-order valence-corrected chi connectivity index (χ0v) is 12.9. The van der Waals surface area contributed by atoms with Crippen molar-refractivity contribution in [3.8, 4) is 0 Å². The molecule has 4 unspecified atom stereocenters. The van der Waals surface area contributed by atoms with Gasteiger partial charge in [-0.1, -0.05) is 20.3 Å². The fraction of sp³-hybridized carbons (Fsp3) is 0.800. The van der Waals surface area contributed by atoms with E-state index in [9.17, 15) is 0 Å². The molecular formula is C15H26N2S. The van der Waals surface area contributed by atoms with Gasteiger partial charge in [-0.05, 0) is 44.6 Å². The van der Waals surface area contributed by atoms with Crippen LogP contribution in [0.25, 0.3) is 0 Å². The first kappa shape index (κ1) is 14.0. The Bertz CT molecular complexity index is 374. The molecule has 2 rings (SSSR count). The molecule has 2 nitrogen and oxygen atoms in total. The van der Waals surface area contributed by atoms with Crippen molar-refractivity contribution in [2.24, 2.45) is 17.8 Å². The number of thiazole rings is 1. The largest absolute Gasteiger partial charge is 0.316 e. The van der Waals surface area contributed by atoms with Crippen LogP contribution in [0, 0.1) is 24.7 Å². The van der Waals surface area contributed by atoms with Gasteiger partial charge in [0.05, 0.1) is 5.01 Å². The van der Waals surface area contributed by atoms with Crippen LogP contribution in [0.15, 0.2) is 5.38 Å². The van der Waals surface area contributed by atoms with E-state index in [1.165, 1.54) is 24.3 Å². The second-order valence-electron chi connectivity index (χ2n) is 6.01. The molecule has 0 radical (unpaired) electrons. The molecule has 1 aliphatic carbocycles. The monoisotopic (exact) mass is 266 g/mol. The molecule has 1 saturated carbocycles. The quantitative estimate of drug-likeness (QED) is 0.899. The van der Waals surface area contributed by atoms with E-state index in [-0.39, 0.29) is 0 Å². The van der Waals surface area contributed by atoms with E-state index in [0.29, 0.717) is 6.04 Å². The molecule has 0 aliphatic heterocycles. The summed E-state index contributed by atoms with van der Waals surface area (Å²) in [5.74, 6) is 2.60. The topological polar surface area (TPSA) is 24.9 Å². The summed E-state index contributed by atoms with van der Waals surface area (Å²) in [7, 11) is 2.10. The van der Waals surface area contributed by atoms with Crippen molar-refractivity contribution in [3.63, 3.8) is 0 Å². The molecule has 1 aromatic rings. The predicted octanol–water partition coefficient (Wildman–Crippen LogP) is 3.65. The Balaban J connectivity index is 1.96. The number of likely N-dealkylation sites (N-methyl/N-ethyl adjacent to an activating group) is 1. The van der Waals surface area contributed by atoms with Crippen LogP contribution < -0.4 is 5.32 Å². The van der Waals surface area contributed by atoms with Crippen LogP contribution >= 0.6 is 11.3 Å². The minimum atomic E-state index is 0.602. The number of nitrogens with one attached hydrogen (secondary N) is 1. The van der Waals surface area contributed by atoms with Gasteiger partial charge in [0.15, 0.2) is 0 Å². The second kappa shape index (κ2) is 6.16. The number of aryl methyl sites for hydroxylation is 1. The van der Waals surface area contributed by atoms with E-state index in [0.717, 1.165) is 29.9 Å². The highest BCUT2D eigenvalue weighted by atomic mass is 32.1. The van der Waals surface area contributed by atoms with E-state index in [1.54, 1.807) is 0 Å². The van der Waals surface area contributed by atoms with E-state index in [1.807, 2.05) is 11.3 Å². The molecule has 0 saturated heterocycles. The highest BCUT2D eigenvalue weighted by molar-refractivity contribution is 7.09. The minimum absolute atomic E-state index is 0.602. The zero-order chi connectivity index (χ0) is 13.1. The van der Waals surface area contributed by atoms with E-state index in [4.69, 9.17) is 0 Å². The van der Waals surface area contributed by atoms with Crippen molar-refractivity contribution in [3.05, 3.63) is 16.1 Å². The lowest BCUT2D eigenvalue weighted by Crippen LogP contribution is -2.39. The van der Waals surface area contributed by atoms with Gasteiger partial charge in [-0.3, -0.25) is 0 Å². The lowest BCUT2D eigenvalue weighted by Gasteiger charge is -2.36. The molecule has 1 heterocycles. The third kappa shape index (κ3) is 3.33. The maximum absolute atomic E-state index is 4.61. The molecule has 0 bridgehead atoms. The average Bonchev–Trinajstić information content (AvgIpc) is 2.75. The molecule has 4 atom stereocenters. The van der Waals surface area contributed by atoms with Gasteiger partial charge in [-0.15, -0.1) is 11.3 Å². The zero-order valence-electron chi connectivity index (χ0n) is 12.1. The average molecular weight is 266 g/mol. The molecule has 1 N–H and O–H groups in total. The van der Waals surface area contributed by atoms with Crippen molar-refractivity contribution in [1.29, 1.82) is 0 Å². The Hall–Kier alpha value is -0.410. The first-order valence-corrected chi connectivity index (χ1v) is 8.06. The highest BCUT2D eigenvalue weighted by Crippen LogP contribution is 2.35. The standard InChI is InChI=1S/C15H26N2S/c1-10-5-6-13(7-11(10)2)14(16-4)8-15-17-12(3)9-18-15/h9-11,13-14,16H,5-8H2,1-4H3. The minimum Gasteiger partial charge on any atom is -0.316 e. The van der Waals surface area contributed by atoms with E-state index >= 15 is 0 Å². The van der Waals surface area contributed by atoms with Crippen LogP contribution in [0.5, 0.6) is 0 Å². The Labute approximate surface area is 115 Å². The Morgan fingerprint density at radius 1 is 1.39 bits per heavy atom. The maximum atomic E-state index is 4.61. The molecule has 18 heavy (non-hydrogen) atoms. The van der Waals surface area contributed by atoms with E-state index in [2.05, 4.69) is 43.5 Å². The first-order chi connectivity index (χ1) is 8.60. The fourth-order valence-corrected chi connectivity index (χ4v) is 3.98. The van der Waals surface area contributed by atoms with Crippen molar-refractivity contribution < 1.29 is 0 Å². The molecule has 1 fully saturated rings. The van der Waals surface area contributed by atoms with Crippen LogP contribution in [-0.4, -0.2) is 18.1 Å². The Morgan fingerprint density at radius 3 is 2.72 bits per heavy atom. The lowest BCUT2D eigenvalue weighted by atomic mass is 9.73. The lowest BCUT2D eigenvalue weighted by molar-refractivity contribution is 0.173. The predicted molar refractivity (Wildman–Crippen MR) is 79.1 cm³/mol. The number of aromatic nitrogens is 1. The van der Waals surface area contributed by atoms with Crippen LogP contribution in [0.4, 0.5) is 0 Å². The summed E-state index contributed by atoms with van der Waals surface area (Å²) < 4.78 is 0. The fourth-order valence-electron chi connectivity index (χ4n) is 3.14. The SMILES string of the molecule is CNC(Cc1nc(C)cs1)C1CCC(C)C(C)C1. The second-order valence-corrected chi connectivity index (χ2v) is 6.95. The normalized spacial score (nSPS) is 30.3. The summed E-state index contributed by atoms with van der Waals surface area (Å²) in [4.78, 5) is 4.61. The smallest absolute Gasteiger partial charge is 0.0943 e. The summed E-state index contributed by atoms with van der Waals surface area (Å²) in [6, 6.07) is 0.602. The molecule has 1 aromatic heterocycles. The van der Waals surface area contributed by atoms with Gasteiger partial charge in [-0.25, -0.2) is 4.98 Å². The summed E-state index contributed by atoms with van der Waals surface area (Å²) in [6.07, 6.45) is 5.24. The molecule has 0 amide bonds. The summed E-state index contributed by atoms with van der Waals surface area (Å²) in [5, 5.41) is 6.98. The van der Waals surface area contributed by atoms with Crippen LogP contribution in [0.1, 0.15) is 43.8 Å². The van der Waals surface area contributed by atoms with Gasteiger partial charge < -0.3 is 5.32 Å². The Kier molecular flexibility index (Phi) is 4.79. The first-order valence-electron chi connectivity index (χ1n) is 7.18. The van der Waals surface area contributed by atoms with Crippen LogP contribution in [0.3, 0.4) is 0 Å². The third-order valence-corrected chi connectivity index (χ3v) is 5.63. The van der Waals surface area contributed by atoms with Gasteiger partial charge in [0.25, 0.3) is 0 Å². The van der Waals surface area contributed by atoms with Crippen LogP contribution in [0.2, 0.25) is 0 Å². The van der Waals surface area contributed by atoms with E-state index < -0.39 is 0 Å². The van der Waals surface area contributed by atoms with Gasteiger partial charge in [0, 0.05) is 23.5 Å². The number of hydrogen-bond donors (Lipinski definition) is 1. The van der Waals surface area contributed by atoms with Crippen molar-refractivity contribution in [1.82, 2.24) is 10.3 Å². The van der Waals surface area contributed by atoms with Gasteiger partial charge in [0.1, 0.15) is 0 Å². The van der Waals surface area contributed by atoms with Gasteiger partial charge in [-0.2, -0.15) is 0 Å². The van der Waals surface area contributed by atoms with Crippen molar-refractivity contribution in [2.75, 3.05) is 7.05 Å². The molecule has 3 heteroatoms. The molecule has 0 aromatic carbocycles. The van der Waals surface area contributed by atoms with Crippen LogP contribution in [-0.2, 0) is 6.42 Å². The molecular weight excluding hydrogens is 240 g/mol. The Morgan fingerprint density at radius 2 is 2.17 bits per heavy atom. The highest BCUT2D eigenvalue weighted by Gasteiger charge is 2.29. The molecule has 102 valence electrons. The third-order valence-electron chi connectivity index (χ3n) is 4.64. The van der Waals surface area contributed by atoms with Gasteiger partial charge in [0.2, 0.25) is 0 Å². The summed E-state index contributed by atoms with van der Waals surface area (Å²) in [6.45, 7) is 6.90. The van der Waals surface area contributed by atoms with Crippen molar-refractivity contribution in [2.45, 2.75) is 52.5 Å². The summed E-state index contributed by atoms with van der Waals surface area (Å²) >= 11 is 1.81. The molecule has 0 spiro atoms. The van der Waals surface area contributed by atoms with Crippen molar-refractivity contribution >= 4 is 11.3 Å². The number of rotatable bonds is 4.